The number of carbonyl (C=O) groups is 2. The molecule has 2 aromatic carbocycles. The fraction of sp³-hybridized carbons (Fsp3) is 0.182. The van der Waals surface area contributed by atoms with Crippen molar-refractivity contribution in [3.05, 3.63) is 76.2 Å². The minimum absolute atomic E-state index is 0.00642. The second-order valence-electron chi connectivity index (χ2n) is 6.65. The van der Waals surface area contributed by atoms with Crippen molar-refractivity contribution in [3.8, 4) is 11.5 Å². The monoisotopic (exact) mass is 422 g/mol. The number of aromatic nitrogens is 2. The summed E-state index contributed by atoms with van der Waals surface area (Å²) in [5, 5.41) is 9.39. The Morgan fingerprint density at radius 3 is 2.39 bits per heavy atom. The topological polar surface area (TPSA) is 112 Å². The van der Waals surface area contributed by atoms with E-state index in [1.54, 1.807) is 30.3 Å². The lowest BCUT2D eigenvalue weighted by atomic mass is 10.2. The molecule has 0 fully saturated rings. The first-order valence-corrected chi connectivity index (χ1v) is 9.37. The van der Waals surface area contributed by atoms with E-state index in [2.05, 4.69) is 15.7 Å². The van der Waals surface area contributed by atoms with Gasteiger partial charge in [-0.05, 0) is 37.3 Å². The van der Waals surface area contributed by atoms with Gasteiger partial charge in [0, 0.05) is 17.8 Å². The molecule has 2 amide bonds. The molecule has 2 N–H and O–H groups in total. The molecule has 1 aromatic heterocycles. The highest BCUT2D eigenvalue weighted by molar-refractivity contribution is 6.02. The van der Waals surface area contributed by atoms with Crippen LogP contribution in [0, 0.1) is 6.92 Å². The largest absolute Gasteiger partial charge is 0.497 e. The molecule has 1 heterocycles. The van der Waals surface area contributed by atoms with Gasteiger partial charge in [-0.3, -0.25) is 14.4 Å². The zero-order valence-electron chi connectivity index (χ0n) is 17.3. The number of amides is 2. The van der Waals surface area contributed by atoms with Gasteiger partial charge in [-0.15, -0.1) is 0 Å². The number of hydrogen-bond donors (Lipinski definition) is 2. The number of nitrogens with zero attached hydrogens (tertiary/aromatic N) is 2. The van der Waals surface area contributed by atoms with E-state index in [4.69, 9.17) is 9.47 Å². The Bertz CT molecular complexity index is 1160. The molecular weight excluding hydrogens is 400 g/mol. The first kappa shape index (κ1) is 21.6. The molecule has 0 aliphatic carbocycles. The molecule has 31 heavy (non-hydrogen) atoms. The SMILES string of the molecule is COc1ccc(OC)c(NC(=O)Cn2nc(C(=O)Nc3ccc(C)cc3)ccc2=O)c1. The van der Waals surface area contributed by atoms with E-state index in [-0.39, 0.29) is 12.2 Å². The van der Waals surface area contributed by atoms with E-state index < -0.39 is 17.4 Å². The second kappa shape index (κ2) is 9.57. The molecule has 0 atom stereocenters. The zero-order chi connectivity index (χ0) is 22.4. The number of nitrogens with one attached hydrogen (secondary N) is 2. The van der Waals surface area contributed by atoms with E-state index in [1.165, 1.54) is 26.4 Å². The van der Waals surface area contributed by atoms with Crippen LogP contribution in [0.2, 0.25) is 0 Å². The van der Waals surface area contributed by atoms with Crippen molar-refractivity contribution < 1.29 is 19.1 Å². The van der Waals surface area contributed by atoms with Crippen molar-refractivity contribution in [1.82, 2.24) is 9.78 Å². The predicted molar refractivity (Wildman–Crippen MR) is 116 cm³/mol. The summed E-state index contributed by atoms with van der Waals surface area (Å²) in [6.07, 6.45) is 0. The van der Waals surface area contributed by atoms with Gasteiger partial charge in [-0.1, -0.05) is 17.7 Å². The molecule has 0 saturated carbocycles. The first-order valence-electron chi connectivity index (χ1n) is 9.37. The normalized spacial score (nSPS) is 10.3. The van der Waals surface area contributed by atoms with E-state index in [0.717, 1.165) is 10.2 Å². The third kappa shape index (κ3) is 5.47. The summed E-state index contributed by atoms with van der Waals surface area (Å²) in [7, 11) is 2.98. The minimum atomic E-state index is -0.516. The van der Waals surface area contributed by atoms with Crippen molar-refractivity contribution in [2.75, 3.05) is 24.9 Å². The van der Waals surface area contributed by atoms with Crippen molar-refractivity contribution in [3.63, 3.8) is 0 Å². The number of benzene rings is 2. The van der Waals surface area contributed by atoms with Gasteiger partial charge in [-0.2, -0.15) is 5.10 Å². The fourth-order valence-electron chi connectivity index (χ4n) is 2.75. The number of ether oxygens (including phenoxy) is 2. The van der Waals surface area contributed by atoms with Gasteiger partial charge in [-0.25, -0.2) is 4.68 Å². The van der Waals surface area contributed by atoms with E-state index in [0.29, 0.717) is 22.9 Å². The summed E-state index contributed by atoms with van der Waals surface area (Å²) in [5.74, 6) is -0.0495. The van der Waals surface area contributed by atoms with E-state index in [1.807, 2.05) is 19.1 Å². The van der Waals surface area contributed by atoms with Gasteiger partial charge in [0.15, 0.2) is 0 Å². The van der Waals surface area contributed by atoms with E-state index >= 15 is 0 Å². The van der Waals surface area contributed by atoms with Crippen LogP contribution in [-0.2, 0) is 11.3 Å². The Morgan fingerprint density at radius 1 is 0.968 bits per heavy atom. The number of carbonyl (C=O) groups excluding carboxylic acids is 2. The fourth-order valence-corrected chi connectivity index (χ4v) is 2.75. The van der Waals surface area contributed by atoms with Crippen LogP contribution >= 0.6 is 0 Å². The first-order chi connectivity index (χ1) is 14.9. The number of methoxy groups -OCH3 is 2. The summed E-state index contributed by atoms with van der Waals surface area (Å²) in [6.45, 7) is 1.56. The summed E-state index contributed by atoms with van der Waals surface area (Å²) < 4.78 is 11.3. The van der Waals surface area contributed by atoms with Crippen LogP contribution in [-0.4, -0.2) is 35.8 Å². The lowest BCUT2D eigenvalue weighted by Crippen LogP contribution is -2.31. The van der Waals surface area contributed by atoms with Crippen LogP contribution in [0.25, 0.3) is 0 Å². The average molecular weight is 422 g/mol. The third-order valence-corrected chi connectivity index (χ3v) is 4.38. The Balaban J connectivity index is 1.74. The Morgan fingerprint density at radius 2 is 1.71 bits per heavy atom. The molecule has 0 aliphatic rings. The van der Waals surface area contributed by atoms with E-state index in [9.17, 15) is 14.4 Å². The Kier molecular flexibility index (Phi) is 6.66. The van der Waals surface area contributed by atoms with Crippen LogP contribution in [0.5, 0.6) is 11.5 Å². The molecule has 3 aromatic rings. The maximum atomic E-state index is 12.5. The Labute approximate surface area is 178 Å². The summed E-state index contributed by atoms with van der Waals surface area (Å²) in [5.41, 5.74) is 1.53. The lowest BCUT2D eigenvalue weighted by Gasteiger charge is -2.12. The molecule has 160 valence electrons. The van der Waals surface area contributed by atoms with Gasteiger partial charge < -0.3 is 20.1 Å². The third-order valence-electron chi connectivity index (χ3n) is 4.38. The highest BCUT2D eigenvalue weighted by atomic mass is 16.5. The second-order valence-corrected chi connectivity index (χ2v) is 6.65. The van der Waals surface area contributed by atoms with Gasteiger partial charge in [0.2, 0.25) is 5.91 Å². The van der Waals surface area contributed by atoms with Crippen LogP contribution < -0.4 is 25.7 Å². The summed E-state index contributed by atoms with van der Waals surface area (Å²) in [4.78, 5) is 37.1. The van der Waals surface area contributed by atoms with Gasteiger partial charge >= 0.3 is 0 Å². The molecule has 0 spiro atoms. The molecular formula is C22H22N4O5. The van der Waals surface area contributed by atoms with Gasteiger partial charge in [0.25, 0.3) is 11.5 Å². The quantitative estimate of drug-likeness (QED) is 0.605. The number of rotatable bonds is 7. The van der Waals surface area contributed by atoms with Crippen molar-refractivity contribution in [1.29, 1.82) is 0 Å². The number of anilines is 2. The highest BCUT2D eigenvalue weighted by Crippen LogP contribution is 2.28. The molecule has 0 aliphatic heterocycles. The van der Waals surface area contributed by atoms with Crippen LogP contribution in [0.15, 0.2) is 59.4 Å². The number of aryl methyl sites for hydroxylation is 1. The summed E-state index contributed by atoms with van der Waals surface area (Å²) >= 11 is 0. The van der Waals surface area contributed by atoms with Gasteiger partial charge in [0.05, 0.1) is 19.9 Å². The van der Waals surface area contributed by atoms with Crippen molar-refractivity contribution >= 4 is 23.2 Å². The standard InChI is InChI=1S/C22H22N4O5/c1-14-4-6-15(7-5-14)23-22(29)17-9-11-21(28)26(25-17)13-20(27)24-18-12-16(30-2)8-10-19(18)31-3/h4-12H,13H2,1-3H3,(H,23,29)(H,24,27). The Hall–Kier alpha value is -4.14. The van der Waals surface area contributed by atoms with Crippen molar-refractivity contribution in [2.45, 2.75) is 13.5 Å². The predicted octanol–water partition coefficient (Wildman–Crippen LogP) is 2.46. The molecule has 3 rings (SSSR count). The van der Waals surface area contributed by atoms with Gasteiger partial charge in [0.1, 0.15) is 23.7 Å². The maximum Gasteiger partial charge on any atom is 0.276 e. The maximum absolute atomic E-state index is 12.5. The average Bonchev–Trinajstić information content (AvgIpc) is 2.76. The molecule has 9 nitrogen and oxygen atoms in total. The van der Waals surface area contributed by atoms with Crippen molar-refractivity contribution in [2.24, 2.45) is 0 Å². The molecule has 0 bridgehead atoms. The molecule has 0 saturated heterocycles. The molecule has 0 unspecified atom stereocenters. The highest BCUT2D eigenvalue weighted by Gasteiger charge is 2.14. The number of hydrogen-bond acceptors (Lipinski definition) is 6. The van der Waals surface area contributed by atoms with Crippen LogP contribution in [0.4, 0.5) is 11.4 Å². The lowest BCUT2D eigenvalue weighted by molar-refractivity contribution is -0.117. The molecule has 9 heteroatoms. The summed E-state index contributed by atoms with van der Waals surface area (Å²) in [6, 6.07) is 14.7. The van der Waals surface area contributed by atoms with Crippen LogP contribution in [0.3, 0.4) is 0 Å². The molecule has 0 radical (unpaired) electrons. The minimum Gasteiger partial charge on any atom is -0.497 e. The zero-order valence-corrected chi connectivity index (χ0v) is 17.3. The van der Waals surface area contributed by atoms with Crippen LogP contribution in [0.1, 0.15) is 16.1 Å². The smallest absolute Gasteiger partial charge is 0.276 e.